The number of piperidine rings is 1. The van der Waals surface area contributed by atoms with Crippen LogP contribution >= 0.6 is 0 Å². The molecule has 3 heteroatoms. The average molecular weight is 252 g/mol. The SMILES string of the molecule is CCCC1CCC(NC(=O)N2CCCCC2)CC1. The molecule has 1 aliphatic heterocycles. The maximum absolute atomic E-state index is 12.1. The molecule has 0 bridgehead atoms. The van der Waals surface area contributed by atoms with E-state index in [0.29, 0.717) is 6.04 Å². The van der Waals surface area contributed by atoms with Gasteiger partial charge in [-0.15, -0.1) is 0 Å². The maximum Gasteiger partial charge on any atom is 0.317 e. The fourth-order valence-corrected chi connectivity index (χ4v) is 3.37. The molecule has 1 aliphatic carbocycles. The van der Waals surface area contributed by atoms with Gasteiger partial charge in [-0.2, -0.15) is 0 Å². The third-order valence-corrected chi connectivity index (χ3v) is 4.51. The highest BCUT2D eigenvalue weighted by Crippen LogP contribution is 2.27. The molecule has 1 N–H and O–H groups in total. The van der Waals surface area contributed by atoms with Crippen LogP contribution in [0.1, 0.15) is 64.7 Å². The summed E-state index contributed by atoms with van der Waals surface area (Å²) in [6.45, 7) is 4.18. The number of hydrogen-bond acceptors (Lipinski definition) is 1. The van der Waals surface area contributed by atoms with Gasteiger partial charge in [0, 0.05) is 19.1 Å². The van der Waals surface area contributed by atoms with Crippen LogP contribution in [0.25, 0.3) is 0 Å². The van der Waals surface area contributed by atoms with E-state index in [9.17, 15) is 4.79 Å². The molecule has 2 fully saturated rings. The lowest BCUT2D eigenvalue weighted by atomic mass is 9.83. The molecule has 1 saturated carbocycles. The summed E-state index contributed by atoms with van der Waals surface area (Å²) < 4.78 is 0. The van der Waals surface area contributed by atoms with Gasteiger partial charge in [-0.05, 0) is 50.9 Å². The number of amides is 2. The van der Waals surface area contributed by atoms with Crippen molar-refractivity contribution in [2.24, 2.45) is 5.92 Å². The van der Waals surface area contributed by atoms with Gasteiger partial charge in [0.05, 0.1) is 0 Å². The molecule has 0 unspecified atom stereocenters. The minimum atomic E-state index is 0.189. The van der Waals surface area contributed by atoms with Gasteiger partial charge in [0.25, 0.3) is 0 Å². The lowest BCUT2D eigenvalue weighted by Crippen LogP contribution is -2.47. The van der Waals surface area contributed by atoms with E-state index in [2.05, 4.69) is 12.2 Å². The summed E-state index contributed by atoms with van der Waals surface area (Å²) in [4.78, 5) is 14.1. The van der Waals surface area contributed by atoms with Gasteiger partial charge in [-0.25, -0.2) is 4.79 Å². The van der Waals surface area contributed by atoms with Crippen molar-refractivity contribution in [2.75, 3.05) is 13.1 Å². The van der Waals surface area contributed by atoms with Crippen molar-refractivity contribution in [1.29, 1.82) is 0 Å². The van der Waals surface area contributed by atoms with Crippen LogP contribution in [0.2, 0.25) is 0 Å². The monoisotopic (exact) mass is 252 g/mol. The Morgan fingerprint density at radius 2 is 1.78 bits per heavy atom. The molecule has 0 atom stereocenters. The molecule has 2 rings (SSSR count). The van der Waals surface area contributed by atoms with Gasteiger partial charge >= 0.3 is 6.03 Å². The van der Waals surface area contributed by atoms with E-state index in [1.54, 1.807) is 0 Å². The Kier molecular flexibility index (Phi) is 5.33. The lowest BCUT2D eigenvalue weighted by Gasteiger charge is -2.32. The fourth-order valence-electron chi connectivity index (χ4n) is 3.37. The van der Waals surface area contributed by atoms with Crippen molar-refractivity contribution >= 4 is 6.03 Å². The number of hydrogen-bond donors (Lipinski definition) is 1. The number of urea groups is 1. The van der Waals surface area contributed by atoms with Crippen molar-refractivity contribution < 1.29 is 4.79 Å². The van der Waals surface area contributed by atoms with E-state index >= 15 is 0 Å². The second kappa shape index (κ2) is 7.01. The van der Waals surface area contributed by atoms with Gasteiger partial charge in [-0.3, -0.25) is 0 Å². The molecule has 2 amide bonds. The highest BCUT2D eigenvalue weighted by Gasteiger charge is 2.24. The molecule has 0 radical (unpaired) electrons. The lowest BCUT2D eigenvalue weighted by molar-refractivity contribution is 0.175. The van der Waals surface area contributed by atoms with Gasteiger partial charge in [0.15, 0.2) is 0 Å². The second-order valence-corrected chi connectivity index (χ2v) is 6.00. The van der Waals surface area contributed by atoms with Crippen LogP contribution in [-0.4, -0.2) is 30.1 Å². The molecule has 3 nitrogen and oxygen atoms in total. The first-order valence-corrected chi connectivity index (χ1v) is 7.85. The van der Waals surface area contributed by atoms with E-state index in [0.717, 1.165) is 19.0 Å². The zero-order valence-corrected chi connectivity index (χ0v) is 11.8. The van der Waals surface area contributed by atoms with Crippen LogP contribution in [0.5, 0.6) is 0 Å². The molecule has 1 saturated heterocycles. The Bertz CT molecular complexity index is 253. The molecule has 18 heavy (non-hydrogen) atoms. The highest BCUT2D eigenvalue weighted by molar-refractivity contribution is 5.74. The first-order chi connectivity index (χ1) is 8.79. The van der Waals surface area contributed by atoms with Crippen LogP contribution in [0.4, 0.5) is 4.79 Å². The second-order valence-electron chi connectivity index (χ2n) is 6.00. The van der Waals surface area contributed by atoms with E-state index in [1.807, 2.05) is 4.90 Å². The van der Waals surface area contributed by atoms with E-state index < -0.39 is 0 Å². The third-order valence-electron chi connectivity index (χ3n) is 4.51. The molecule has 2 aliphatic rings. The quantitative estimate of drug-likeness (QED) is 0.818. The Balaban J connectivity index is 1.68. The third kappa shape index (κ3) is 3.89. The first kappa shape index (κ1) is 13.7. The van der Waals surface area contributed by atoms with Crippen LogP contribution in [0.15, 0.2) is 0 Å². The zero-order valence-electron chi connectivity index (χ0n) is 11.8. The molecule has 104 valence electrons. The molecular formula is C15H28N2O. The summed E-state index contributed by atoms with van der Waals surface area (Å²) in [5.74, 6) is 0.915. The normalized spacial score (nSPS) is 29.1. The molecule has 0 aromatic heterocycles. The zero-order chi connectivity index (χ0) is 12.8. The van der Waals surface area contributed by atoms with Crippen LogP contribution in [-0.2, 0) is 0 Å². The Hall–Kier alpha value is -0.730. The summed E-state index contributed by atoms with van der Waals surface area (Å²) in [5.41, 5.74) is 0. The van der Waals surface area contributed by atoms with Gasteiger partial charge < -0.3 is 10.2 Å². The smallest absolute Gasteiger partial charge is 0.317 e. The van der Waals surface area contributed by atoms with E-state index in [1.165, 1.54) is 57.8 Å². The molecule has 0 aromatic rings. The summed E-state index contributed by atoms with van der Waals surface area (Å²) in [7, 11) is 0. The van der Waals surface area contributed by atoms with E-state index in [4.69, 9.17) is 0 Å². The predicted molar refractivity (Wildman–Crippen MR) is 74.6 cm³/mol. The topological polar surface area (TPSA) is 32.3 Å². The van der Waals surface area contributed by atoms with Crippen LogP contribution < -0.4 is 5.32 Å². The Morgan fingerprint density at radius 3 is 2.39 bits per heavy atom. The van der Waals surface area contributed by atoms with E-state index in [-0.39, 0.29) is 6.03 Å². The fraction of sp³-hybridized carbons (Fsp3) is 0.933. The predicted octanol–water partition coefficient (Wildman–Crippen LogP) is 3.54. The molecular weight excluding hydrogens is 224 g/mol. The van der Waals surface area contributed by atoms with Crippen molar-refractivity contribution in [3.63, 3.8) is 0 Å². The van der Waals surface area contributed by atoms with Crippen molar-refractivity contribution in [2.45, 2.75) is 70.8 Å². The number of rotatable bonds is 3. The maximum atomic E-state index is 12.1. The summed E-state index contributed by atoms with van der Waals surface area (Å²) in [6.07, 6.45) is 11.3. The minimum Gasteiger partial charge on any atom is -0.335 e. The standard InChI is InChI=1S/C15H28N2O/c1-2-6-13-7-9-14(10-8-13)16-15(18)17-11-4-3-5-12-17/h13-14H,2-12H2,1H3,(H,16,18). The summed E-state index contributed by atoms with van der Waals surface area (Å²) in [6, 6.07) is 0.626. The molecule has 0 aromatic carbocycles. The summed E-state index contributed by atoms with van der Waals surface area (Å²) in [5, 5.41) is 3.24. The van der Waals surface area contributed by atoms with Gasteiger partial charge in [-0.1, -0.05) is 19.8 Å². The summed E-state index contributed by atoms with van der Waals surface area (Å²) >= 11 is 0. The molecule has 1 heterocycles. The van der Waals surface area contributed by atoms with Gasteiger partial charge in [0.1, 0.15) is 0 Å². The number of carbonyl (C=O) groups is 1. The number of likely N-dealkylation sites (tertiary alicyclic amines) is 1. The Morgan fingerprint density at radius 1 is 1.11 bits per heavy atom. The van der Waals surface area contributed by atoms with Crippen molar-refractivity contribution in [3.05, 3.63) is 0 Å². The van der Waals surface area contributed by atoms with Crippen LogP contribution in [0.3, 0.4) is 0 Å². The molecule has 0 spiro atoms. The number of carbonyl (C=O) groups excluding carboxylic acids is 1. The van der Waals surface area contributed by atoms with Gasteiger partial charge in [0.2, 0.25) is 0 Å². The highest BCUT2D eigenvalue weighted by atomic mass is 16.2. The number of nitrogens with one attached hydrogen (secondary N) is 1. The van der Waals surface area contributed by atoms with Crippen LogP contribution in [0, 0.1) is 5.92 Å². The largest absolute Gasteiger partial charge is 0.335 e. The number of nitrogens with zero attached hydrogens (tertiary/aromatic N) is 1. The minimum absolute atomic E-state index is 0.189. The van der Waals surface area contributed by atoms with Crippen molar-refractivity contribution in [3.8, 4) is 0 Å². The first-order valence-electron chi connectivity index (χ1n) is 7.85. The Labute approximate surface area is 111 Å². The average Bonchev–Trinajstić information content (AvgIpc) is 2.42. The van der Waals surface area contributed by atoms with Crippen molar-refractivity contribution in [1.82, 2.24) is 10.2 Å².